The lowest BCUT2D eigenvalue weighted by atomic mass is 10.1. The van der Waals surface area contributed by atoms with Crippen LogP contribution in [-0.2, 0) is 11.3 Å². The molecule has 2 aromatic carbocycles. The zero-order chi connectivity index (χ0) is 19.6. The fourth-order valence-corrected chi connectivity index (χ4v) is 3.91. The molecule has 0 fully saturated rings. The van der Waals surface area contributed by atoms with Crippen LogP contribution in [0, 0.1) is 5.92 Å². The average Bonchev–Trinajstić information content (AvgIpc) is 2.65. The quantitative estimate of drug-likeness (QED) is 0.399. The maximum atomic E-state index is 13.0. The van der Waals surface area contributed by atoms with Crippen molar-refractivity contribution in [2.24, 2.45) is 5.92 Å². The number of fused-ring (bicyclic) bond motifs is 2. The molecule has 0 saturated heterocycles. The van der Waals surface area contributed by atoms with Gasteiger partial charge in [0.15, 0.2) is 5.16 Å². The zero-order valence-electron chi connectivity index (χ0n) is 16.2. The maximum Gasteiger partial charge on any atom is 0.262 e. The van der Waals surface area contributed by atoms with Crippen molar-refractivity contribution in [1.29, 1.82) is 0 Å². The van der Waals surface area contributed by atoms with E-state index in [1.165, 1.54) is 11.8 Å². The van der Waals surface area contributed by atoms with Crippen LogP contribution in [0.2, 0.25) is 0 Å². The molecule has 3 rings (SSSR count). The Hall–Kier alpha value is -2.34. The minimum absolute atomic E-state index is 0.0378. The maximum absolute atomic E-state index is 13.0. The van der Waals surface area contributed by atoms with Gasteiger partial charge in [0.05, 0.1) is 16.2 Å². The molecule has 0 aliphatic rings. The van der Waals surface area contributed by atoms with Crippen LogP contribution in [0.1, 0.15) is 27.7 Å². The van der Waals surface area contributed by atoms with Crippen LogP contribution in [0.4, 0.5) is 0 Å². The first-order valence-electron chi connectivity index (χ1n) is 9.28. The van der Waals surface area contributed by atoms with Crippen molar-refractivity contribution in [2.75, 3.05) is 6.54 Å². The second-order valence-electron chi connectivity index (χ2n) is 7.06. The van der Waals surface area contributed by atoms with Crippen LogP contribution in [0.3, 0.4) is 0 Å². The van der Waals surface area contributed by atoms with Crippen LogP contribution in [0.25, 0.3) is 21.7 Å². The average molecular weight is 384 g/mol. The summed E-state index contributed by atoms with van der Waals surface area (Å²) >= 11 is 1.33. The van der Waals surface area contributed by atoms with E-state index >= 15 is 0 Å². The van der Waals surface area contributed by atoms with Gasteiger partial charge in [-0.05, 0) is 42.7 Å². The molecule has 0 unspecified atom stereocenters. The highest BCUT2D eigenvalue weighted by Crippen LogP contribution is 2.25. The van der Waals surface area contributed by atoms with Crippen molar-refractivity contribution in [3.63, 3.8) is 0 Å². The number of hydrogen-bond acceptors (Lipinski definition) is 4. The molecule has 3 aromatic rings. The molecule has 0 spiro atoms. The first kappa shape index (κ1) is 19.4. The molecule has 27 heavy (non-hydrogen) atoms. The van der Waals surface area contributed by atoms with Crippen LogP contribution in [0.5, 0.6) is 0 Å². The van der Waals surface area contributed by atoms with Gasteiger partial charge in [-0.25, -0.2) is 4.98 Å². The van der Waals surface area contributed by atoms with Crippen LogP contribution < -0.4 is 10.9 Å². The number of nitrogens with zero attached hydrogens (tertiary/aromatic N) is 2. The summed E-state index contributed by atoms with van der Waals surface area (Å²) in [5.74, 6) is 0.358. The molecule has 1 aromatic heterocycles. The minimum Gasteiger partial charge on any atom is -0.355 e. The smallest absolute Gasteiger partial charge is 0.262 e. The van der Waals surface area contributed by atoms with Crippen molar-refractivity contribution in [1.82, 2.24) is 14.9 Å². The Balaban J connectivity index is 2.00. The van der Waals surface area contributed by atoms with E-state index in [0.29, 0.717) is 35.1 Å². The lowest BCUT2D eigenvalue weighted by molar-refractivity contribution is -0.120. The van der Waals surface area contributed by atoms with Crippen molar-refractivity contribution in [3.8, 4) is 0 Å². The third-order valence-electron chi connectivity index (χ3n) is 4.44. The third-order valence-corrected chi connectivity index (χ3v) is 5.53. The van der Waals surface area contributed by atoms with Crippen molar-refractivity contribution >= 4 is 39.3 Å². The van der Waals surface area contributed by atoms with Crippen molar-refractivity contribution < 1.29 is 4.79 Å². The minimum atomic E-state index is -0.327. The molecular weight excluding hydrogens is 358 g/mol. The highest BCUT2D eigenvalue weighted by molar-refractivity contribution is 8.00. The molecule has 0 radical (unpaired) electrons. The molecule has 1 atom stereocenters. The molecular formula is C21H25N3O2S. The van der Waals surface area contributed by atoms with Gasteiger partial charge in [0.25, 0.3) is 5.56 Å². The number of nitrogens with one attached hydrogen (secondary N) is 1. The van der Waals surface area contributed by atoms with E-state index in [2.05, 4.69) is 19.2 Å². The first-order chi connectivity index (χ1) is 12.9. The summed E-state index contributed by atoms with van der Waals surface area (Å²) in [5, 5.41) is 5.87. The summed E-state index contributed by atoms with van der Waals surface area (Å²) in [6.07, 6.45) is 0. The summed E-state index contributed by atoms with van der Waals surface area (Å²) in [6, 6.07) is 11.8. The van der Waals surface area contributed by atoms with E-state index in [9.17, 15) is 9.59 Å². The Morgan fingerprint density at radius 1 is 1.19 bits per heavy atom. The fraction of sp³-hybridized carbons (Fsp3) is 0.381. The van der Waals surface area contributed by atoms with Gasteiger partial charge in [-0.2, -0.15) is 0 Å². The largest absolute Gasteiger partial charge is 0.355 e. The van der Waals surface area contributed by atoms with Crippen molar-refractivity contribution in [2.45, 2.75) is 44.6 Å². The van der Waals surface area contributed by atoms with E-state index in [0.717, 1.165) is 10.8 Å². The standard InChI is InChI=1S/C21H25N3O2S/c1-5-24-20(26)17-10-15-8-6-7-9-16(15)11-18(17)23-21(24)27-14(4)19(25)22-12-13(2)3/h6-11,13-14H,5,12H2,1-4H3,(H,22,25)/t14-/m0/s1. The Kier molecular flexibility index (Phi) is 5.85. The third kappa shape index (κ3) is 4.16. The number of amides is 1. The van der Waals surface area contributed by atoms with Gasteiger partial charge in [-0.3, -0.25) is 14.2 Å². The highest BCUT2D eigenvalue weighted by Gasteiger charge is 2.19. The predicted octanol–water partition coefficient (Wildman–Crippen LogP) is 3.82. The molecule has 1 heterocycles. The molecule has 0 aliphatic carbocycles. The van der Waals surface area contributed by atoms with E-state index in [1.807, 2.05) is 50.2 Å². The van der Waals surface area contributed by atoms with Gasteiger partial charge >= 0.3 is 0 Å². The lowest BCUT2D eigenvalue weighted by Crippen LogP contribution is -2.34. The number of thioether (sulfide) groups is 1. The molecule has 0 bridgehead atoms. The van der Waals surface area contributed by atoms with E-state index in [1.54, 1.807) is 4.57 Å². The van der Waals surface area contributed by atoms with Gasteiger partial charge in [0.2, 0.25) is 5.91 Å². The van der Waals surface area contributed by atoms with Gasteiger partial charge in [-0.1, -0.05) is 49.9 Å². The monoisotopic (exact) mass is 383 g/mol. The number of aromatic nitrogens is 2. The van der Waals surface area contributed by atoms with Crippen LogP contribution in [-0.4, -0.2) is 27.3 Å². The summed E-state index contributed by atoms with van der Waals surface area (Å²) in [4.78, 5) is 30.0. The Labute approximate surface area is 163 Å². The zero-order valence-corrected chi connectivity index (χ0v) is 17.0. The Morgan fingerprint density at radius 3 is 2.48 bits per heavy atom. The highest BCUT2D eigenvalue weighted by atomic mass is 32.2. The molecule has 1 N–H and O–H groups in total. The van der Waals surface area contributed by atoms with E-state index < -0.39 is 0 Å². The van der Waals surface area contributed by atoms with E-state index in [4.69, 9.17) is 4.98 Å². The van der Waals surface area contributed by atoms with E-state index in [-0.39, 0.29) is 16.7 Å². The lowest BCUT2D eigenvalue weighted by Gasteiger charge is -2.16. The second kappa shape index (κ2) is 8.13. The van der Waals surface area contributed by atoms with Crippen molar-refractivity contribution in [3.05, 3.63) is 46.8 Å². The summed E-state index contributed by atoms with van der Waals surface area (Å²) in [7, 11) is 0. The fourth-order valence-electron chi connectivity index (χ4n) is 2.92. The van der Waals surface area contributed by atoms with Gasteiger partial charge in [-0.15, -0.1) is 0 Å². The molecule has 0 saturated carbocycles. The SMILES string of the molecule is CCn1c(S[C@@H](C)C(=O)NCC(C)C)nc2cc3ccccc3cc2c1=O. The molecule has 142 valence electrons. The Bertz CT molecular complexity index is 1040. The van der Waals surface area contributed by atoms with Gasteiger partial charge in [0, 0.05) is 13.1 Å². The Morgan fingerprint density at radius 2 is 1.85 bits per heavy atom. The normalized spacial score (nSPS) is 12.6. The van der Waals surface area contributed by atoms with Crippen LogP contribution >= 0.6 is 11.8 Å². The number of rotatable bonds is 6. The number of carbonyl (C=O) groups is 1. The molecule has 0 aliphatic heterocycles. The summed E-state index contributed by atoms with van der Waals surface area (Å²) < 4.78 is 1.65. The topological polar surface area (TPSA) is 64.0 Å². The number of benzene rings is 2. The van der Waals surface area contributed by atoms with Crippen LogP contribution in [0.15, 0.2) is 46.3 Å². The number of carbonyl (C=O) groups excluding carboxylic acids is 1. The molecule has 5 nitrogen and oxygen atoms in total. The first-order valence-corrected chi connectivity index (χ1v) is 10.2. The molecule has 1 amide bonds. The second-order valence-corrected chi connectivity index (χ2v) is 8.37. The molecule has 6 heteroatoms. The van der Waals surface area contributed by atoms with Gasteiger partial charge < -0.3 is 5.32 Å². The predicted molar refractivity (Wildman–Crippen MR) is 112 cm³/mol. The van der Waals surface area contributed by atoms with Gasteiger partial charge in [0.1, 0.15) is 0 Å². The summed E-state index contributed by atoms with van der Waals surface area (Å²) in [5.41, 5.74) is 0.603. The summed E-state index contributed by atoms with van der Waals surface area (Å²) in [6.45, 7) is 9.03. The number of hydrogen-bond donors (Lipinski definition) is 1.